The molecule has 1 fully saturated rings. The smallest absolute Gasteiger partial charge is 0.223 e. The summed E-state index contributed by atoms with van der Waals surface area (Å²) in [4.78, 5) is 15.4. The van der Waals surface area contributed by atoms with Gasteiger partial charge in [0.05, 0.1) is 0 Å². The van der Waals surface area contributed by atoms with Gasteiger partial charge < -0.3 is 9.80 Å². The summed E-state index contributed by atoms with van der Waals surface area (Å²) < 4.78 is 0. The number of carbonyl (C=O) groups excluding carboxylic acids is 1. The highest BCUT2D eigenvalue weighted by Crippen LogP contribution is 2.01. The minimum absolute atomic E-state index is 0.303. The lowest BCUT2D eigenvalue weighted by Crippen LogP contribution is -2.32. The van der Waals surface area contributed by atoms with E-state index < -0.39 is 0 Å². The second-order valence-electron chi connectivity index (χ2n) is 3.03. The van der Waals surface area contributed by atoms with Crippen LogP contribution in [0.3, 0.4) is 0 Å². The summed E-state index contributed by atoms with van der Waals surface area (Å²) in [6.45, 7) is 5.70. The molecule has 11 heavy (non-hydrogen) atoms. The van der Waals surface area contributed by atoms with Gasteiger partial charge >= 0.3 is 0 Å². The number of nitrogens with zero attached hydrogens (tertiary/aromatic N) is 2. The Morgan fingerprint density at radius 3 is 2.73 bits per heavy atom. The van der Waals surface area contributed by atoms with Gasteiger partial charge in [0.1, 0.15) is 0 Å². The van der Waals surface area contributed by atoms with Crippen molar-refractivity contribution in [2.24, 2.45) is 0 Å². The maximum Gasteiger partial charge on any atom is 0.223 e. The summed E-state index contributed by atoms with van der Waals surface area (Å²) >= 11 is 0. The van der Waals surface area contributed by atoms with Crippen molar-refractivity contribution in [1.82, 2.24) is 9.80 Å². The third-order valence-electron chi connectivity index (χ3n) is 2.19. The van der Waals surface area contributed by atoms with Crippen LogP contribution >= 0.6 is 0 Å². The molecule has 1 amide bonds. The molecule has 0 atom stereocenters. The average molecular weight is 156 g/mol. The second-order valence-corrected chi connectivity index (χ2v) is 3.03. The van der Waals surface area contributed by atoms with E-state index >= 15 is 0 Å². The van der Waals surface area contributed by atoms with Crippen LogP contribution in [0.25, 0.3) is 0 Å². The lowest BCUT2D eigenvalue weighted by molar-refractivity contribution is -0.130. The number of amides is 1. The summed E-state index contributed by atoms with van der Waals surface area (Å²) in [5.74, 6) is 0.303. The lowest BCUT2D eigenvalue weighted by atomic mass is 10.4. The normalized spacial score (nSPS) is 22.0. The van der Waals surface area contributed by atoms with Gasteiger partial charge in [0.15, 0.2) is 0 Å². The molecule has 1 heterocycles. The minimum Gasteiger partial charge on any atom is -0.342 e. The zero-order chi connectivity index (χ0) is 8.27. The van der Waals surface area contributed by atoms with Crippen LogP contribution in [0.2, 0.25) is 0 Å². The maximum absolute atomic E-state index is 11.3. The van der Waals surface area contributed by atoms with Gasteiger partial charge in [0, 0.05) is 32.6 Å². The fourth-order valence-electron chi connectivity index (χ4n) is 1.31. The van der Waals surface area contributed by atoms with Gasteiger partial charge in [-0.3, -0.25) is 4.79 Å². The van der Waals surface area contributed by atoms with Crippen molar-refractivity contribution in [3.8, 4) is 0 Å². The fourth-order valence-corrected chi connectivity index (χ4v) is 1.31. The predicted octanol–water partition coefficient (Wildman–Crippen LogP) is 0.170. The van der Waals surface area contributed by atoms with Gasteiger partial charge in [-0.25, -0.2) is 0 Å². The van der Waals surface area contributed by atoms with Crippen LogP contribution in [0, 0.1) is 0 Å². The number of hydrogen-bond donors (Lipinski definition) is 0. The molecule has 0 radical (unpaired) electrons. The third-order valence-corrected chi connectivity index (χ3v) is 2.19. The Balaban J connectivity index is 2.48. The van der Waals surface area contributed by atoms with E-state index in [2.05, 4.69) is 11.9 Å². The molecule has 0 aromatic carbocycles. The number of likely N-dealkylation sites (N-methyl/N-ethyl adjacent to an activating group) is 2. The van der Waals surface area contributed by atoms with Crippen LogP contribution in [0.15, 0.2) is 0 Å². The van der Waals surface area contributed by atoms with E-state index in [1.165, 1.54) is 0 Å². The molecule has 0 saturated carbocycles. The molecule has 3 nitrogen and oxygen atoms in total. The standard InChI is InChI=1S/C8H16N2O/c1-3-10-7-6-9(2)5-4-8(10)11/h3-7H2,1-2H3. The van der Waals surface area contributed by atoms with Crippen molar-refractivity contribution in [2.45, 2.75) is 13.3 Å². The molecule has 0 aliphatic carbocycles. The lowest BCUT2D eigenvalue weighted by Gasteiger charge is -2.17. The molecule has 1 rings (SSSR count). The van der Waals surface area contributed by atoms with Crippen molar-refractivity contribution >= 4 is 5.91 Å². The van der Waals surface area contributed by atoms with E-state index in [0.29, 0.717) is 12.3 Å². The van der Waals surface area contributed by atoms with Crippen molar-refractivity contribution in [3.63, 3.8) is 0 Å². The zero-order valence-electron chi connectivity index (χ0n) is 7.34. The quantitative estimate of drug-likeness (QED) is 0.540. The first-order chi connectivity index (χ1) is 5.24. The summed E-state index contributed by atoms with van der Waals surface area (Å²) in [6.07, 6.45) is 0.685. The minimum atomic E-state index is 0.303. The van der Waals surface area contributed by atoms with Gasteiger partial charge in [-0.15, -0.1) is 0 Å². The van der Waals surface area contributed by atoms with Crippen LogP contribution in [0.4, 0.5) is 0 Å². The van der Waals surface area contributed by atoms with Crippen LogP contribution in [-0.2, 0) is 4.79 Å². The monoisotopic (exact) mass is 156 g/mol. The number of hydrogen-bond acceptors (Lipinski definition) is 2. The van der Waals surface area contributed by atoms with E-state index in [9.17, 15) is 4.79 Å². The van der Waals surface area contributed by atoms with Gasteiger partial charge in [-0.05, 0) is 14.0 Å². The first-order valence-electron chi connectivity index (χ1n) is 4.20. The molecule has 1 saturated heterocycles. The van der Waals surface area contributed by atoms with Crippen LogP contribution in [0.5, 0.6) is 0 Å². The molecule has 0 aromatic heterocycles. The number of rotatable bonds is 1. The first kappa shape index (κ1) is 8.53. The molecule has 0 bridgehead atoms. The maximum atomic E-state index is 11.3. The number of carbonyl (C=O) groups is 1. The van der Waals surface area contributed by atoms with Gasteiger partial charge in [0.2, 0.25) is 5.91 Å². The highest BCUT2D eigenvalue weighted by atomic mass is 16.2. The molecule has 0 N–H and O–H groups in total. The van der Waals surface area contributed by atoms with E-state index in [0.717, 1.165) is 26.2 Å². The average Bonchev–Trinajstić information content (AvgIpc) is 2.15. The van der Waals surface area contributed by atoms with Crippen LogP contribution in [0.1, 0.15) is 13.3 Å². The Morgan fingerprint density at radius 1 is 1.36 bits per heavy atom. The molecule has 64 valence electrons. The molecule has 3 heteroatoms. The largest absolute Gasteiger partial charge is 0.342 e. The SMILES string of the molecule is CCN1CCN(C)CCC1=O. The third kappa shape index (κ3) is 2.19. The molecular weight excluding hydrogens is 140 g/mol. The Hall–Kier alpha value is -0.570. The first-order valence-corrected chi connectivity index (χ1v) is 4.20. The van der Waals surface area contributed by atoms with Gasteiger partial charge in [-0.2, -0.15) is 0 Å². The Bertz CT molecular complexity index is 147. The van der Waals surface area contributed by atoms with Crippen molar-refractivity contribution in [3.05, 3.63) is 0 Å². The molecule has 1 aliphatic heterocycles. The van der Waals surface area contributed by atoms with Gasteiger partial charge in [-0.1, -0.05) is 0 Å². The Kier molecular flexibility index (Phi) is 2.88. The summed E-state index contributed by atoms with van der Waals surface area (Å²) in [6, 6.07) is 0. The highest BCUT2D eigenvalue weighted by Gasteiger charge is 2.16. The summed E-state index contributed by atoms with van der Waals surface area (Å²) in [7, 11) is 2.06. The fraction of sp³-hybridized carbons (Fsp3) is 0.875. The zero-order valence-corrected chi connectivity index (χ0v) is 7.34. The van der Waals surface area contributed by atoms with Crippen LogP contribution < -0.4 is 0 Å². The molecule has 1 aliphatic rings. The molecule has 0 unspecified atom stereocenters. The van der Waals surface area contributed by atoms with Crippen molar-refractivity contribution in [1.29, 1.82) is 0 Å². The van der Waals surface area contributed by atoms with Crippen molar-refractivity contribution in [2.75, 3.05) is 33.2 Å². The Labute approximate surface area is 68.0 Å². The summed E-state index contributed by atoms with van der Waals surface area (Å²) in [5.41, 5.74) is 0. The van der Waals surface area contributed by atoms with E-state index in [4.69, 9.17) is 0 Å². The molecule has 0 spiro atoms. The van der Waals surface area contributed by atoms with E-state index in [1.54, 1.807) is 0 Å². The highest BCUT2D eigenvalue weighted by molar-refractivity contribution is 5.76. The second kappa shape index (κ2) is 3.72. The Morgan fingerprint density at radius 2 is 2.09 bits per heavy atom. The van der Waals surface area contributed by atoms with E-state index in [-0.39, 0.29) is 0 Å². The van der Waals surface area contributed by atoms with Crippen LogP contribution in [-0.4, -0.2) is 48.9 Å². The molecular formula is C8H16N2O. The van der Waals surface area contributed by atoms with Gasteiger partial charge in [0.25, 0.3) is 0 Å². The van der Waals surface area contributed by atoms with E-state index in [1.807, 2.05) is 11.8 Å². The summed E-state index contributed by atoms with van der Waals surface area (Å²) in [5, 5.41) is 0. The predicted molar refractivity (Wildman–Crippen MR) is 44.4 cm³/mol. The molecule has 0 aromatic rings. The van der Waals surface area contributed by atoms with Crippen molar-refractivity contribution < 1.29 is 4.79 Å². The topological polar surface area (TPSA) is 23.6 Å².